The van der Waals surface area contributed by atoms with Crippen molar-refractivity contribution in [2.24, 2.45) is 0 Å². The van der Waals surface area contributed by atoms with E-state index in [0.29, 0.717) is 34.1 Å². The Morgan fingerprint density at radius 1 is 0.921 bits per heavy atom. The van der Waals surface area contributed by atoms with Gasteiger partial charge in [-0.2, -0.15) is 9.97 Å². The number of aromatic nitrogens is 3. The quantitative estimate of drug-likeness (QED) is 0.241. The molecule has 0 amide bonds. The number of pyridine rings is 1. The van der Waals surface area contributed by atoms with Gasteiger partial charge in [-0.15, -0.1) is 5.54 Å². The van der Waals surface area contributed by atoms with Crippen molar-refractivity contribution in [1.82, 2.24) is 19.9 Å². The highest BCUT2D eigenvalue weighted by Gasteiger charge is 2.41. The molecule has 2 heterocycles. The Bertz CT molecular complexity index is 1260. The highest BCUT2D eigenvalue weighted by atomic mass is 28.3. The van der Waals surface area contributed by atoms with Crippen LogP contribution in [0.1, 0.15) is 47.1 Å². The van der Waals surface area contributed by atoms with Crippen molar-refractivity contribution in [3.05, 3.63) is 42.1 Å². The third-order valence-electron chi connectivity index (χ3n) is 7.48. The normalized spacial score (nSPS) is 11.8. The molecule has 38 heavy (non-hydrogen) atoms. The van der Waals surface area contributed by atoms with E-state index in [1.807, 2.05) is 24.4 Å². The molecule has 0 aliphatic rings. The van der Waals surface area contributed by atoms with Crippen LogP contribution in [0.25, 0.3) is 11.0 Å². The van der Waals surface area contributed by atoms with Crippen LogP contribution in [0.5, 0.6) is 5.88 Å². The van der Waals surface area contributed by atoms with Crippen LogP contribution in [0.2, 0.25) is 16.6 Å². The number of likely N-dealkylation sites (N-methyl/N-ethyl adjacent to an activating group) is 2. The molecule has 0 radical (unpaired) electrons. The first-order valence-electron chi connectivity index (χ1n) is 13.5. The van der Waals surface area contributed by atoms with Crippen molar-refractivity contribution in [3.63, 3.8) is 0 Å². The van der Waals surface area contributed by atoms with E-state index in [1.165, 1.54) is 0 Å². The number of benzene rings is 1. The first-order valence-corrected chi connectivity index (χ1v) is 15.7. The molecule has 3 aromatic rings. The summed E-state index contributed by atoms with van der Waals surface area (Å²) >= 11 is 0. The summed E-state index contributed by atoms with van der Waals surface area (Å²) in [6.45, 7) is 15.9. The van der Waals surface area contributed by atoms with E-state index in [-0.39, 0.29) is 0 Å². The Labute approximate surface area is 230 Å². The number of methoxy groups -OCH3 is 1. The van der Waals surface area contributed by atoms with Crippen molar-refractivity contribution in [2.45, 2.75) is 58.2 Å². The van der Waals surface area contributed by atoms with Gasteiger partial charge in [-0.25, -0.2) is 4.98 Å². The van der Waals surface area contributed by atoms with Gasteiger partial charge in [-0.05, 0) is 55.0 Å². The lowest BCUT2D eigenvalue weighted by Gasteiger charge is -2.38. The molecule has 7 nitrogen and oxygen atoms in total. The van der Waals surface area contributed by atoms with Gasteiger partial charge >= 0.3 is 0 Å². The number of hydrogen-bond donors (Lipinski definition) is 1. The lowest BCUT2D eigenvalue weighted by molar-refractivity contribution is 0.399. The van der Waals surface area contributed by atoms with Crippen LogP contribution < -0.4 is 15.0 Å². The standard InChI is InChI=1S/C30H44N6OSi/c1-21(2)38(22(3)4,23(5)6)18-15-24-19-28(37-10)33-29-27(24)20-31-30(34-29)32-25-11-13-26(14-12-25)36(9)17-16-35(7)8/h11-14,19-23H,16-17H2,1-10H3,(H,31,32,33,34). The van der Waals surface area contributed by atoms with Crippen molar-refractivity contribution < 1.29 is 4.74 Å². The average Bonchev–Trinajstić information content (AvgIpc) is 2.86. The van der Waals surface area contributed by atoms with Gasteiger partial charge in [0, 0.05) is 49.3 Å². The van der Waals surface area contributed by atoms with Crippen molar-refractivity contribution >= 4 is 36.4 Å². The van der Waals surface area contributed by atoms with Crippen LogP contribution in [0.15, 0.2) is 36.5 Å². The summed E-state index contributed by atoms with van der Waals surface area (Å²) in [4.78, 5) is 18.3. The van der Waals surface area contributed by atoms with E-state index in [9.17, 15) is 0 Å². The molecule has 0 bridgehead atoms. The second-order valence-corrected chi connectivity index (χ2v) is 16.8. The molecule has 0 saturated heterocycles. The first kappa shape index (κ1) is 29.4. The molecule has 8 heteroatoms. The first-order chi connectivity index (χ1) is 18.0. The van der Waals surface area contributed by atoms with Gasteiger partial charge < -0.3 is 19.9 Å². The van der Waals surface area contributed by atoms with Crippen LogP contribution in [0, 0.1) is 11.5 Å². The molecule has 0 atom stereocenters. The fraction of sp³-hybridized carbons (Fsp3) is 0.500. The van der Waals surface area contributed by atoms with Crippen molar-refractivity contribution in [3.8, 4) is 17.3 Å². The van der Waals surface area contributed by atoms with E-state index in [2.05, 4.69) is 111 Å². The van der Waals surface area contributed by atoms with Gasteiger partial charge in [0.05, 0.1) is 12.5 Å². The summed E-state index contributed by atoms with van der Waals surface area (Å²) in [5, 5.41) is 4.15. The topological polar surface area (TPSA) is 66.4 Å². The zero-order valence-corrected chi connectivity index (χ0v) is 25.8. The van der Waals surface area contributed by atoms with Crippen molar-refractivity contribution in [1.29, 1.82) is 0 Å². The lowest BCUT2D eigenvalue weighted by Crippen LogP contribution is -2.43. The molecule has 0 aliphatic heterocycles. The second kappa shape index (κ2) is 12.6. The van der Waals surface area contributed by atoms with E-state index in [4.69, 9.17) is 9.72 Å². The molecular formula is C30H44N6OSi. The second-order valence-electron chi connectivity index (χ2n) is 11.2. The van der Waals surface area contributed by atoms with Crippen LogP contribution in [-0.2, 0) is 0 Å². The minimum Gasteiger partial charge on any atom is -0.481 e. The molecule has 2 aromatic heterocycles. The molecule has 0 spiro atoms. The molecule has 0 aliphatic carbocycles. The largest absolute Gasteiger partial charge is 0.481 e. The maximum Gasteiger partial charge on any atom is 0.229 e. The number of nitrogens with zero attached hydrogens (tertiary/aromatic N) is 5. The Hall–Kier alpha value is -3.15. The number of ether oxygens (including phenoxy) is 1. The summed E-state index contributed by atoms with van der Waals surface area (Å²) in [7, 11) is 6.01. The summed E-state index contributed by atoms with van der Waals surface area (Å²) in [6.07, 6.45) is 1.81. The number of hydrogen-bond acceptors (Lipinski definition) is 7. The predicted molar refractivity (Wildman–Crippen MR) is 163 cm³/mol. The van der Waals surface area contributed by atoms with E-state index in [1.54, 1.807) is 7.11 Å². The molecule has 0 unspecified atom stereocenters. The van der Waals surface area contributed by atoms with Gasteiger partial charge in [-0.3, -0.25) is 0 Å². The molecule has 204 valence electrons. The maximum absolute atomic E-state index is 5.51. The third kappa shape index (κ3) is 6.64. The maximum atomic E-state index is 5.51. The molecule has 1 N–H and O–H groups in total. The van der Waals surface area contributed by atoms with Gasteiger partial charge in [-0.1, -0.05) is 47.5 Å². The summed E-state index contributed by atoms with van der Waals surface area (Å²) < 4.78 is 5.51. The summed E-state index contributed by atoms with van der Waals surface area (Å²) in [5.41, 5.74) is 8.97. The number of nitrogens with one attached hydrogen (secondary N) is 1. The molecule has 1 aromatic carbocycles. The van der Waals surface area contributed by atoms with E-state index >= 15 is 0 Å². The van der Waals surface area contributed by atoms with Gasteiger partial charge in [0.1, 0.15) is 8.07 Å². The zero-order valence-electron chi connectivity index (χ0n) is 24.8. The SMILES string of the molecule is COc1cc(C#C[Si](C(C)C)(C(C)C)C(C)C)c2cnc(Nc3ccc(N(C)CCN(C)C)cc3)nc2n1. The van der Waals surface area contributed by atoms with Crippen LogP contribution in [-0.4, -0.2) is 69.3 Å². The fourth-order valence-electron chi connectivity index (χ4n) is 5.27. The molecular weight excluding hydrogens is 488 g/mol. The molecule has 0 fully saturated rings. The van der Waals surface area contributed by atoms with Crippen LogP contribution >= 0.6 is 0 Å². The summed E-state index contributed by atoms with van der Waals surface area (Å²) in [6, 6.07) is 10.2. The lowest BCUT2D eigenvalue weighted by atomic mass is 10.2. The highest BCUT2D eigenvalue weighted by Crippen LogP contribution is 2.41. The van der Waals surface area contributed by atoms with Gasteiger partial charge in [0.2, 0.25) is 11.8 Å². The van der Waals surface area contributed by atoms with Crippen LogP contribution in [0.3, 0.4) is 0 Å². The van der Waals surface area contributed by atoms with Gasteiger partial charge in [0.25, 0.3) is 0 Å². The zero-order chi connectivity index (χ0) is 28.0. The van der Waals surface area contributed by atoms with E-state index in [0.717, 1.165) is 35.4 Å². The number of fused-ring (bicyclic) bond motifs is 1. The Morgan fingerprint density at radius 3 is 2.11 bits per heavy atom. The third-order valence-corrected chi connectivity index (χ3v) is 13.8. The smallest absolute Gasteiger partial charge is 0.229 e. The predicted octanol–water partition coefficient (Wildman–Crippen LogP) is 6.34. The Kier molecular flexibility index (Phi) is 9.75. The minimum absolute atomic E-state index is 0.487. The van der Waals surface area contributed by atoms with Crippen LogP contribution in [0.4, 0.5) is 17.3 Å². The fourth-order valence-corrected chi connectivity index (χ4v) is 10.5. The molecule has 0 saturated carbocycles. The number of rotatable bonds is 10. The van der Waals surface area contributed by atoms with E-state index < -0.39 is 8.07 Å². The highest BCUT2D eigenvalue weighted by molar-refractivity contribution is 6.90. The Balaban J connectivity index is 1.92. The number of anilines is 3. The summed E-state index contributed by atoms with van der Waals surface area (Å²) in [5.74, 6) is 4.52. The average molecular weight is 533 g/mol. The Morgan fingerprint density at radius 2 is 1.55 bits per heavy atom. The minimum atomic E-state index is -1.89. The molecule has 3 rings (SSSR count). The van der Waals surface area contributed by atoms with Gasteiger partial charge in [0.15, 0.2) is 5.65 Å². The monoisotopic (exact) mass is 532 g/mol. The van der Waals surface area contributed by atoms with Crippen molar-refractivity contribution in [2.75, 3.05) is 51.6 Å².